The molecule has 1 aromatic carbocycles. The van der Waals surface area contributed by atoms with Crippen LogP contribution in [0.15, 0.2) is 41.8 Å². The van der Waals surface area contributed by atoms with Crippen molar-refractivity contribution in [1.82, 2.24) is 5.32 Å². The number of rotatable bonds is 5. The average Bonchev–Trinajstić information content (AvgIpc) is 2.83. The molecule has 2 rings (SSSR count). The summed E-state index contributed by atoms with van der Waals surface area (Å²) in [5.74, 6) is 0. The van der Waals surface area contributed by atoms with Crippen LogP contribution in [0, 0.1) is 0 Å². The van der Waals surface area contributed by atoms with Gasteiger partial charge in [-0.15, -0.1) is 11.3 Å². The van der Waals surface area contributed by atoms with Crippen molar-refractivity contribution in [3.63, 3.8) is 0 Å². The van der Waals surface area contributed by atoms with Gasteiger partial charge in [0.25, 0.3) is 0 Å². The third-order valence-corrected chi connectivity index (χ3v) is 3.33. The van der Waals surface area contributed by atoms with Crippen molar-refractivity contribution in [3.8, 4) is 0 Å². The summed E-state index contributed by atoms with van der Waals surface area (Å²) in [5, 5.41) is 8.66. The van der Waals surface area contributed by atoms with Gasteiger partial charge in [0.05, 0.1) is 0 Å². The number of nitrogens with one attached hydrogen (secondary N) is 2. The standard InChI is InChI=1S/C13H16N2S/c1-14-12-6-4-11(5-7-12)9-15-10-13-3-2-8-16-13/h2-8,14-15H,9-10H2,1H3. The quantitative estimate of drug-likeness (QED) is 0.828. The maximum atomic E-state index is 3.43. The molecular weight excluding hydrogens is 216 g/mol. The fourth-order valence-corrected chi connectivity index (χ4v) is 2.21. The lowest BCUT2D eigenvalue weighted by Gasteiger charge is -2.05. The smallest absolute Gasteiger partial charge is 0.0337 e. The van der Waals surface area contributed by atoms with Crippen LogP contribution < -0.4 is 10.6 Å². The van der Waals surface area contributed by atoms with E-state index < -0.39 is 0 Å². The third-order valence-electron chi connectivity index (χ3n) is 2.45. The van der Waals surface area contributed by atoms with Gasteiger partial charge in [0.2, 0.25) is 0 Å². The second-order valence-corrected chi connectivity index (χ2v) is 4.66. The first-order valence-electron chi connectivity index (χ1n) is 5.38. The zero-order valence-electron chi connectivity index (χ0n) is 9.36. The lowest BCUT2D eigenvalue weighted by Crippen LogP contribution is -2.11. The lowest BCUT2D eigenvalue weighted by atomic mass is 10.2. The van der Waals surface area contributed by atoms with E-state index in [-0.39, 0.29) is 0 Å². The Morgan fingerprint density at radius 2 is 1.88 bits per heavy atom. The molecule has 0 unspecified atom stereocenters. The predicted molar refractivity (Wildman–Crippen MR) is 70.9 cm³/mol. The Kier molecular flexibility index (Phi) is 3.97. The molecule has 0 saturated carbocycles. The van der Waals surface area contributed by atoms with E-state index >= 15 is 0 Å². The molecule has 0 spiro atoms. The SMILES string of the molecule is CNc1ccc(CNCc2cccs2)cc1. The average molecular weight is 232 g/mol. The zero-order valence-corrected chi connectivity index (χ0v) is 10.2. The first-order chi connectivity index (χ1) is 7.88. The normalized spacial score (nSPS) is 10.3. The Morgan fingerprint density at radius 3 is 2.50 bits per heavy atom. The summed E-state index contributed by atoms with van der Waals surface area (Å²) >= 11 is 1.79. The Bertz CT molecular complexity index is 406. The van der Waals surface area contributed by atoms with Crippen molar-refractivity contribution in [2.45, 2.75) is 13.1 Å². The van der Waals surface area contributed by atoms with E-state index in [1.165, 1.54) is 10.4 Å². The van der Waals surface area contributed by atoms with Crippen LogP contribution in [0.5, 0.6) is 0 Å². The maximum absolute atomic E-state index is 3.43. The third kappa shape index (κ3) is 3.08. The molecule has 2 N–H and O–H groups in total. The van der Waals surface area contributed by atoms with E-state index in [0.29, 0.717) is 0 Å². The van der Waals surface area contributed by atoms with Gasteiger partial charge in [-0.1, -0.05) is 18.2 Å². The Morgan fingerprint density at radius 1 is 1.06 bits per heavy atom. The predicted octanol–water partition coefficient (Wildman–Crippen LogP) is 3.08. The topological polar surface area (TPSA) is 24.1 Å². The minimum atomic E-state index is 0.919. The van der Waals surface area contributed by atoms with Crippen LogP contribution in [0.3, 0.4) is 0 Å². The summed E-state index contributed by atoms with van der Waals surface area (Å²) in [6.45, 7) is 1.87. The Labute approximate surface area is 100 Å². The van der Waals surface area contributed by atoms with E-state index in [2.05, 4.69) is 52.4 Å². The molecule has 0 saturated heterocycles. The fourth-order valence-electron chi connectivity index (χ4n) is 1.53. The molecule has 0 bridgehead atoms. The second kappa shape index (κ2) is 5.68. The highest BCUT2D eigenvalue weighted by molar-refractivity contribution is 7.09. The largest absolute Gasteiger partial charge is 0.388 e. The van der Waals surface area contributed by atoms with Crippen LogP contribution in [0.4, 0.5) is 5.69 Å². The van der Waals surface area contributed by atoms with Crippen molar-refractivity contribution in [1.29, 1.82) is 0 Å². The molecular formula is C13H16N2S. The van der Waals surface area contributed by atoms with Gasteiger partial charge in [0, 0.05) is 30.7 Å². The summed E-state index contributed by atoms with van der Waals surface area (Å²) in [6.07, 6.45) is 0. The summed E-state index contributed by atoms with van der Waals surface area (Å²) in [5.41, 5.74) is 2.47. The highest BCUT2D eigenvalue weighted by atomic mass is 32.1. The van der Waals surface area contributed by atoms with E-state index in [9.17, 15) is 0 Å². The van der Waals surface area contributed by atoms with Gasteiger partial charge in [-0.2, -0.15) is 0 Å². The molecule has 1 heterocycles. The maximum Gasteiger partial charge on any atom is 0.0337 e. The number of thiophene rings is 1. The Hall–Kier alpha value is -1.32. The molecule has 0 radical (unpaired) electrons. The monoisotopic (exact) mass is 232 g/mol. The van der Waals surface area contributed by atoms with Gasteiger partial charge < -0.3 is 10.6 Å². The molecule has 0 amide bonds. The molecule has 0 fully saturated rings. The van der Waals surface area contributed by atoms with Crippen LogP contribution >= 0.6 is 11.3 Å². The van der Waals surface area contributed by atoms with Crippen LogP contribution in [0.2, 0.25) is 0 Å². The van der Waals surface area contributed by atoms with E-state index in [0.717, 1.165) is 18.8 Å². The molecule has 2 nitrogen and oxygen atoms in total. The van der Waals surface area contributed by atoms with Gasteiger partial charge in [0.15, 0.2) is 0 Å². The summed E-state index contributed by atoms with van der Waals surface area (Å²) < 4.78 is 0. The first-order valence-corrected chi connectivity index (χ1v) is 6.26. The number of hydrogen-bond acceptors (Lipinski definition) is 3. The van der Waals surface area contributed by atoms with E-state index in [1.807, 2.05) is 7.05 Å². The number of benzene rings is 1. The van der Waals surface area contributed by atoms with Gasteiger partial charge >= 0.3 is 0 Å². The van der Waals surface area contributed by atoms with Crippen molar-refractivity contribution in [2.24, 2.45) is 0 Å². The van der Waals surface area contributed by atoms with Crippen molar-refractivity contribution in [2.75, 3.05) is 12.4 Å². The minimum Gasteiger partial charge on any atom is -0.388 e. The lowest BCUT2D eigenvalue weighted by molar-refractivity contribution is 0.701. The van der Waals surface area contributed by atoms with Crippen LogP contribution in [-0.2, 0) is 13.1 Å². The zero-order chi connectivity index (χ0) is 11.2. The second-order valence-electron chi connectivity index (χ2n) is 3.63. The van der Waals surface area contributed by atoms with Crippen LogP contribution in [0.25, 0.3) is 0 Å². The van der Waals surface area contributed by atoms with Crippen molar-refractivity contribution >= 4 is 17.0 Å². The number of anilines is 1. The van der Waals surface area contributed by atoms with E-state index in [4.69, 9.17) is 0 Å². The molecule has 84 valence electrons. The fraction of sp³-hybridized carbons (Fsp3) is 0.231. The van der Waals surface area contributed by atoms with Crippen molar-refractivity contribution < 1.29 is 0 Å². The molecule has 3 heteroatoms. The van der Waals surface area contributed by atoms with E-state index in [1.54, 1.807) is 11.3 Å². The molecule has 0 atom stereocenters. The number of hydrogen-bond donors (Lipinski definition) is 2. The minimum absolute atomic E-state index is 0.919. The molecule has 1 aromatic heterocycles. The molecule has 0 aliphatic rings. The first kappa shape index (κ1) is 11.2. The van der Waals surface area contributed by atoms with Gasteiger partial charge in [-0.3, -0.25) is 0 Å². The summed E-state index contributed by atoms with van der Waals surface area (Å²) in [7, 11) is 1.93. The van der Waals surface area contributed by atoms with Gasteiger partial charge in [0.1, 0.15) is 0 Å². The van der Waals surface area contributed by atoms with Crippen LogP contribution in [-0.4, -0.2) is 7.05 Å². The van der Waals surface area contributed by atoms with Gasteiger partial charge in [-0.25, -0.2) is 0 Å². The summed E-state index contributed by atoms with van der Waals surface area (Å²) in [6, 6.07) is 12.7. The molecule has 0 aliphatic heterocycles. The molecule has 2 aromatic rings. The van der Waals surface area contributed by atoms with Crippen LogP contribution in [0.1, 0.15) is 10.4 Å². The summed E-state index contributed by atoms with van der Waals surface area (Å²) in [4.78, 5) is 1.38. The highest BCUT2D eigenvalue weighted by Crippen LogP contribution is 2.10. The molecule has 0 aliphatic carbocycles. The van der Waals surface area contributed by atoms with Gasteiger partial charge in [-0.05, 0) is 29.1 Å². The highest BCUT2D eigenvalue weighted by Gasteiger charge is 1.95. The Balaban J connectivity index is 1.81. The molecule has 16 heavy (non-hydrogen) atoms. The van der Waals surface area contributed by atoms with Crippen molar-refractivity contribution in [3.05, 3.63) is 52.2 Å².